The maximum atomic E-state index is 12.2. The Bertz CT molecular complexity index is 1060. The summed E-state index contributed by atoms with van der Waals surface area (Å²) in [6.07, 6.45) is 7.23. The number of terminal acetylenes is 1. The lowest BCUT2D eigenvalue weighted by Crippen LogP contribution is -2.09. The van der Waals surface area contributed by atoms with Gasteiger partial charge in [0.05, 0.1) is 35.1 Å². The fourth-order valence-corrected chi connectivity index (χ4v) is 3.74. The summed E-state index contributed by atoms with van der Waals surface area (Å²) in [7, 11) is 0. The topological polar surface area (TPSA) is 56.5 Å². The second-order valence-corrected chi connectivity index (χ2v) is 6.60. The predicted molar refractivity (Wildman–Crippen MR) is 101 cm³/mol. The van der Waals surface area contributed by atoms with Crippen molar-refractivity contribution < 1.29 is 9.53 Å². The first kappa shape index (κ1) is 16.3. The molecule has 0 saturated heterocycles. The van der Waals surface area contributed by atoms with Crippen LogP contribution >= 0.6 is 11.3 Å². The molecule has 4 rings (SSSR count). The average molecular weight is 361 g/mol. The Hall–Kier alpha value is -3.17. The highest BCUT2D eigenvalue weighted by molar-refractivity contribution is 7.12. The first-order chi connectivity index (χ1) is 12.7. The van der Waals surface area contributed by atoms with Crippen molar-refractivity contribution in [2.45, 2.75) is 13.5 Å². The summed E-state index contributed by atoms with van der Waals surface area (Å²) in [6, 6.07) is 9.79. The molecule has 0 aliphatic carbocycles. The Balaban J connectivity index is 1.94. The van der Waals surface area contributed by atoms with Crippen LogP contribution in [-0.4, -0.2) is 27.8 Å². The number of carbonyl (C=O) groups is 1. The van der Waals surface area contributed by atoms with E-state index in [1.807, 2.05) is 40.3 Å². The summed E-state index contributed by atoms with van der Waals surface area (Å²) < 4.78 is 7.02. The Morgan fingerprint density at radius 1 is 1.42 bits per heavy atom. The van der Waals surface area contributed by atoms with Gasteiger partial charge in [0.15, 0.2) is 5.69 Å². The lowest BCUT2D eigenvalue weighted by molar-refractivity contribution is 0.0518. The third kappa shape index (κ3) is 2.63. The van der Waals surface area contributed by atoms with E-state index in [1.165, 1.54) is 0 Å². The van der Waals surface area contributed by atoms with Gasteiger partial charge in [0, 0.05) is 11.1 Å². The third-order valence-electron chi connectivity index (χ3n) is 4.15. The monoisotopic (exact) mass is 361 g/mol. The van der Waals surface area contributed by atoms with Crippen LogP contribution < -0.4 is 0 Å². The van der Waals surface area contributed by atoms with Gasteiger partial charge < -0.3 is 4.74 Å². The smallest absolute Gasteiger partial charge is 0.358 e. The van der Waals surface area contributed by atoms with Crippen molar-refractivity contribution in [2.75, 3.05) is 6.61 Å². The molecule has 26 heavy (non-hydrogen) atoms. The van der Waals surface area contributed by atoms with Gasteiger partial charge in [0.1, 0.15) is 6.33 Å². The van der Waals surface area contributed by atoms with Crippen LogP contribution in [0.3, 0.4) is 0 Å². The quantitative estimate of drug-likeness (QED) is 0.530. The minimum atomic E-state index is -0.433. The minimum Gasteiger partial charge on any atom is -0.461 e. The zero-order chi connectivity index (χ0) is 18.1. The zero-order valence-corrected chi connectivity index (χ0v) is 14.9. The number of imidazole rings is 1. The molecule has 0 atom stereocenters. The molecule has 1 aliphatic rings. The Labute approximate surface area is 155 Å². The molecule has 2 aromatic heterocycles. The van der Waals surface area contributed by atoms with Gasteiger partial charge in [-0.15, -0.1) is 17.8 Å². The number of ether oxygens (including phenoxy) is 1. The van der Waals surface area contributed by atoms with Gasteiger partial charge in [-0.3, -0.25) is 9.56 Å². The van der Waals surface area contributed by atoms with E-state index in [9.17, 15) is 4.79 Å². The van der Waals surface area contributed by atoms with Crippen molar-refractivity contribution >= 4 is 23.0 Å². The van der Waals surface area contributed by atoms with E-state index in [0.29, 0.717) is 24.5 Å². The summed E-state index contributed by atoms with van der Waals surface area (Å²) in [5.74, 6) is 2.24. The number of nitrogens with zero attached hydrogens (tertiary/aromatic N) is 3. The molecule has 128 valence electrons. The lowest BCUT2D eigenvalue weighted by atomic mass is 10.0. The predicted octanol–water partition coefficient (Wildman–Crippen LogP) is 3.44. The van der Waals surface area contributed by atoms with Crippen molar-refractivity contribution in [2.24, 2.45) is 4.99 Å². The van der Waals surface area contributed by atoms with Crippen LogP contribution in [-0.2, 0) is 11.3 Å². The number of benzene rings is 1. The molecule has 0 bridgehead atoms. The summed E-state index contributed by atoms with van der Waals surface area (Å²) in [5.41, 5.74) is 4.48. The number of carbonyl (C=O) groups excluding carboxylic acids is 1. The van der Waals surface area contributed by atoms with E-state index in [-0.39, 0.29) is 0 Å². The van der Waals surface area contributed by atoms with E-state index in [4.69, 9.17) is 16.2 Å². The summed E-state index contributed by atoms with van der Waals surface area (Å²) in [6.45, 7) is 2.41. The number of hydrogen-bond donors (Lipinski definition) is 0. The molecule has 1 aromatic carbocycles. The molecule has 3 aromatic rings. The van der Waals surface area contributed by atoms with Crippen molar-refractivity contribution in [3.8, 4) is 18.0 Å². The van der Waals surface area contributed by atoms with Gasteiger partial charge in [-0.05, 0) is 36.6 Å². The fourth-order valence-electron chi connectivity index (χ4n) is 2.99. The van der Waals surface area contributed by atoms with Gasteiger partial charge in [-0.1, -0.05) is 12.0 Å². The molecule has 0 N–H and O–H groups in total. The van der Waals surface area contributed by atoms with Crippen molar-refractivity contribution in [3.63, 3.8) is 0 Å². The summed E-state index contributed by atoms with van der Waals surface area (Å²) in [4.78, 5) is 22.4. The largest absolute Gasteiger partial charge is 0.461 e. The molecule has 0 spiro atoms. The van der Waals surface area contributed by atoms with Crippen molar-refractivity contribution in [3.05, 3.63) is 69.4 Å². The van der Waals surface area contributed by atoms with Gasteiger partial charge >= 0.3 is 5.97 Å². The standard InChI is InChI=1S/C20H15N3O2S/c1-3-13-7-8-15-14(10-13)18(17-6-5-9-26-17)21-11-16-19(20(24)25-4-2)22-12-23(15)16/h1,5-10,12H,4,11H2,2H3. The molecule has 1 aliphatic heterocycles. The van der Waals surface area contributed by atoms with Crippen LogP contribution in [0.25, 0.3) is 5.69 Å². The summed E-state index contributed by atoms with van der Waals surface area (Å²) >= 11 is 1.62. The van der Waals surface area contributed by atoms with Crippen LogP contribution in [0.5, 0.6) is 0 Å². The second-order valence-electron chi connectivity index (χ2n) is 5.65. The molecule has 0 fully saturated rings. The van der Waals surface area contributed by atoms with Crippen LogP contribution in [0.1, 0.15) is 39.1 Å². The maximum absolute atomic E-state index is 12.2. The molecular weight excluding hydrogens is 346 g/mol. The fraction of sp³-hybridized carbons (Fsp3) is 0.150. The number of thiophene rings is 1. The van der Waals surface area contributed by atoms with Crippen LogP contribution in [0, 0.1) is 12.3 Å². The lowest BCUT2D eigenvalue weighted by Gasteiger charge is -2.11. The first-order valence-electron chi connectivity index (χ1n) is 8.16. The van der Waals surface area contributed by atoms with Gasteiger partial charge in [0.25, 0.3) is 0 Å². The number of aliphatic imine (C=N–C) groups is 1. The molecular formula is C20H15N3O2S. The highest BCUT2D eigenvalue weighted by Crippen LogP contribution is 2.29. The number of esters is 1. The van der Waals surface area contributed by atoms with Gasteiger partial charge in [-0.25, -0.2) is 9.78 Å². The van der Waals surface area contributed by atoms with Crippen LogP contribution in [0.2, 0.25) is 0 Å². The van der Waals surface area contributed by atoms with Crippen molar-refractivity contribution in [1.29, 1.82) is 0 Å². The van der Waals surface area contributed by atoms with E-state index in [0.717, 1.165) is 27.4 Å². The third-order valence-corrected chi connectivity index (χ3v) is 5.03. The van der Waals surface area contributed by atoms with E-state index in [1.54, 1.807) is 24.6 Å². The Kier molecular flexibility index (Phi) is 4.15. The minimum absolute atomic E-state index is 0.301. The number of hydrogen-bond acceptors (Lipinski definition) is 5. The second kappa shape index (κ2) is 6.62. The maximum Gasteiger partial charge on any atom is 0.358 e. The average Bonchev–Trinajstić information content (AvgIpc) is 3.30. The molecule has 5 nitrogen and oxygen atoms in total. The summed E-state index contributed by atoms with van der Waals surface area (Å²) in [5, 5.41) is 2.01. The molecule has 0 saturated carbocycles. The number of fused-ring (bicyclic) bond motifs is 3. The number of rotatable bonds is 3. The van der Waals surface area contributed by atoms with Gasteiger partial charge in [0.2, 0.25) is 0 Å². The van der Waals surface area contributed by atoms with Crippen molar-refractivity contribution in [1.82, 2.24) is 9.55 Å². The van der Waals surface area contributed by atoms with Crippen LogP contribution in [0.15, 0.2) is 47.0 Å². The van der Waals surface area contributed by atoms with Crippen LogP contribution in [0.4, 0.5) is 0 Å². The zero-order valence-electron chi connectivity index (χ0n) is 14.1. The number of aromatic nitrogens is 2. The van der Waals surface area contributed by atoms with Gasteiger partial charge in [-0.2, -0.15) is 0 Å². The molecule has 0 unspecified atom stereocenters. The molecule has 0 amide bonds. The molecule has 0 radical (unpaired) electrons. The van der Waals surface area contributed by atoms with E-state index in [2.05, 4.69) is 10.9 Å². The Morgan fingerprint density at radius 3 is 3.04 bits per heavy atom. The van der Waals surface area contributed by atoms with E-state index >= 15 is 0 Å². The Morgan fingerprint density at radius 2 is 2.31 bits per heavy atom. The normalized spacial score (nSPS) is 12.4. The highest BCUT2D eigenvalue weighted by atomic mass is 32.1. The molecule has 3 heterocycles. The SMILES string of the molecule is C#Cc1ccc2c(c1)C(c1cccs1)=NCc1c(C(=O)OCC)ncn1-2. The van der Waals surface area contributed by atoms with E-state index < -0.39 is 5.97 Å². The first-order valence-corrected chi connectivity index (χ1v) is 9.04. The highest BCUT2D eigenvalue weighted by Gasteiger charge is 2.25. The molecule has 6 heteroatoms.